The van der Waals surface area contributed by atoms with Crippen LogP contribution in [0.1, 0.15) is 13.8 Å². The van der Waals surface area contributed by atoms with E-state index in [0.717, 1.165) is 0 Å². The second kappa shape index (κ2) is 6.14. The van der Waals surface area contributed by atoms with Crippen molar-refractivity contribution >= 4 is 18.2 Å². The molecular formula is C6H9NO5. The van der Waals surface area contributed by atoms with Crippen molar-refractivity contribution in [2.75, 3.05) is 6.61 Å². The Kier molecular flexibility index (Phi) is 5.33. The van der Waals surface area contributed by atoms with E-state index in [0.29, 0.717) is 6.29 Å². The van der Waals surface area contributed by atoms with Crippen LogP contribution >= 0.6 is 0 Å². The van der Waals surface area contributed by atoms with Gasteiger partial charge in [-0.25, -0.2) is 0 Å². The number of aldehydes is 1. The van der Waals surface area contributed by atoms with Gasteiger partial charge in [0.05, 0.1) is 6.61 Å². The van der Waals surface area contributed by atoms with E-state index >= 15 is 0 Å². The fourth-order valence-corrected chi connectivity index (χ4v) is 0.271. The molecule has 0 fully saturated rings. The van der Waals surface area contributed by atoms with Crippen molar-refractivity contribution in [3.05, 3.63) is 0 Å². The van der Waals surface area contributed by atoms with Crippen molar-refractivity contribution in [3.63, 3.8) is 0 Å². The second-order valence-corrected chi connectivity index (χ2v) is 1.69. The van der Waals surface area contributed by atoms with Crippen LogP contribution in [0.15, 0.2) is 5.16 Å². The average molecular weight is 175 g/mol. The molecule has 0 aromatic carbocycles. The Balaban J connectivity index is 3.55. The molecule has 0 heterocycles. The number of hydrogen-bond donors (Lipinski definition) is 0. The first-order valence-corrected chi connectivity index (χ1v) is 3.21. The molecule has 0 bridgehead atoms. The second-order valence-electron chi connectivity index (χ2n) is 1.69. The number of ether oxygens (including phenoxy) is 1. The standard InChI is InChI=1S/C6H9NO5/c1-3-10-6(9)11-12-7-5(2)4-8/h4H,3H2,1-2H3. The van der Waals surface area contributed by atoms with Crippen LogP contribution < -0.4 is 0 Å². The minimum Gasteiger partial charge on any atom is -0.432 e. The Morgan fingerprint density at radius 3 is 2.75 bits per heavy atom. The molecule has 0 radical (unpaired) electrons. The van der Waals surface area contributed by atoms with Gasteiger partial charge in [-0.1, -0.05) is 0 Å². The lowest BCUT2D eigenvalue weighted by atomic mass is 10.5. The number of oxime groups is 1. The minimum atomic E-state index is -1.00. The highest BCUT2D eigenvalue weighted by Crippen LogP contribution is 1.87. The lowest BCUT2D eigenvalue weighted by molar-refractivity contribution is -0.255. The molecule has 6 nitrogen and oxygen atoms in total. The van der Waals surface area contributed by atoms with Crippen LogP contribution in [0.25, 0.3) is 0 Å². The Labute approximate surface area is 69.0 Å². The summed E-state index contributed by atoms with van der Waals surface area (Å²) in [5, 5.41) is 3.09. The van der Waals surface area contributed by atoms with Gasteiger partial charge in [-0.3, -0.25) is 4.79 Å². The quantitative estimate of drug-likeness (QED) is 0.206. The maximum Gasteiger partial charge on any atom is 0.551 e. The third-order valence-corrected chi connectivity index (χ3v) is 0.719. The van der Waals surface area contributed by atoms with Crippen molar-refractivity contribution in [1.29, 1.82) is 0 Å². The highest BCUT2D eigenvalue weighted by molar-refractivity contribution is 6.26. The molecule has 6 heteroatoms. The Bertz CT molecular complexity index is 188. The van der Waals surface area contributed by atoms with Gasteiger partial charge in [0, 0.05) is 0 Å². The van der Waals surface area contributed by atoms with Crippen LogP contribution in [0.2, 0.25) is 0 Å². The largest absolute Gasteiger partial charge is 0.551 e. The molecule has 0 rings (SSSR count). The molecule has 0 aliphatic carbocycles. The molecule has 0 saturated heterocycles. The van der Waals surface area contributed by atoms with Crippen molar-refractivity contribution in [2.45, 2.75) is 13.8 Å². The molecule has 0 aromatic rings. The maximum absolute atomic E-state index is 10.4. The maximum atomic E-state index is 10.4. The van der Waals surface area contributed by atoms with Crippen LogP contribution in [0, 0.1) is 0 Å². The third kappa shape index (κ3) is 5.21. The zero-order valence-electron chi connectivity index (χ0n) is 6.77. The summed E-state index contributed by atoms with van der Waals surface area (Å²) in [5.41, 5.74) is 0.0549. The van der Waals surface area contributed by atoms with Crippen LogP contribution in [-0.2, 0) is 19.4 Å². The smallest absolute Gasteiger partial charge is 0.432 e. The SMILES string of the molecule is CCOC(=O)OON=C(C)C=O. The molecule has 0 aliphatic heterocycles. The minimum absolute atomic E-state index is 0.0549. The predicted octanol–water partition coefficient (Wildman–Crippen LogP) is 0.666. The number of carbonyl (C=O) groups excluding carboxylic acids is 2. The topological polar surface area (TPSA) is 74.2 Å². The molecule has 0 aliphatic rings. The van der Waals surface area contributed by atoms with Gasteiger partial charge < -0.3 is 4.74 Å². The molecule has 0 spiro atoms. The summed E-state index contributed by atoms with van der Waals surface area (Å²) in [6.45, 7) is 3.18. The summed E-state index contributed by atoms with van der Waals surface area (Å²) in [5.74, 6) is 0. The van der Waals surface area contributed by atoms with Crippen molar-refractivity contribution in [2.24, 2.45) is 5.16 Å². The van der Waals surface area contributed by atoms with E-state index < -0.39 is 6.16 Å². The van der Waals surface area contributed by atoms with Gasteiger partial charge in [0.25, 0.3) is 0 Å². The number of hydrogen-bond acceptors (Lipinski definition) is 6. The highest BCUT2D eigenvalue weighted by Gasteiger charge is 2.02. The van der Waals surface area contributed by atoms with Gasteiger partial charge in [0.15, 0.2) is 6.29 Å². The molecule has 0 N–H and O–H groups in total. The summed E-state index contributed by atoms with van der Waals surface area (Å²) in [7, 11) is 0. The van der Waals surface area contributed by atoms with E-state index in [2.05, 4.69) is 19.8 Å². The predicted molar refractivity (Wildman–Crippen MR) is 38.4 cm³/mol. The number of rotatable bonds is 4. The molecular weight excluding hydrogens is 166 g/mol. The van der Waals surface area contributed by atoms with E-state index in [1.807, 2.05) is 0 Å². The lowest BCUT2D eigenvalue weighted by Crippen LogP contribution is -2.06. The third-order valence-electron chi connectivity index (χ3n) is 0.719. The van der Waals surface area contributed by atoms with Crippen LogP contribution in [0.4, 0.5) is 4.79 Å². The monoisotopic (exact) mass is 175 g/mol. The summed E-state index contributed by atoms with van der Waals surface area (Å²) in [4.78, 5) is 28.2. The van der Waals surface area contributed by atoms with E-state index in [1.165, 1.54) is 6.92 Å². The normalized spacial score (nSPS) is 10.3. The fraction of sp³-hybridized carbons (Fsp3) is 0.500. The Hall–Kier alpha value is -1.59. The van der Waals surface area contributed by atoms with E-state index in [-0.39, 0.29) is 12.3 Å². The molecule has 0 saturated carbocycles. The first-order valence-electron chi connectivity index (χ1n) is 3.21. The zero-order chi connectivity index (χ0) is 9.40. The molecule has 0 amide bonds. The van der Waals surface area contributed by atoms with Gasteiger partial charge in [-0.05, 0) is 19.0 Å². The van der Waals surface area contributed by atoms with Gasteiger partial charge >= 0.3 is 6.16 Å². The van der Waals surface area contributed by atoms with Crippen molar-refractivity contribution < 1.29 is 24.2 Å². The van der Waals surface area contributed by atoms with Crippen LogP contribution in [0.3, 0.4) is 0 Å². The van der Waals surface area contributed by atoms with E-state index in [4.69, 9.17) is 0 Å². The highest BCUT2D eigenvalue weighted by atomic mass is 17.3. The van der Waals surface area contributed by atoms with Gasteiger partial charge in [-0.15, -0.1) is 0 Å². The Morgan fingerprint density at radius 2 is 2.25 bits per heavy atom. The first kappa shape index (κ1) is 10.4. The first-order chi connectivity index (χ1) is 5.70. The summed E-state index contributed by atoms with van der Waals surface area (Å²) in [6, 6.07) is 0. The summed E-state index contributed by atoms with van der Waals surface area (Å²) in [6.07, 6.45) is -0.547. The summed E-state index contributed by atoms with van der Waals surface area (Å²) < 4.78 is 4.31. The fourth-order valence-electron chi connectivity index (χ4n) is 0.271. The van der Waals surface area contributed by atoms with Crippen LogP contribution in [-0.4, -0.2) is 24.8 Å². The Morgan fingerprint density at radius 1 is 1.58 bits per heavy atom. The van der Waals surface area contributed by atoms with Gasteiger partial charge in [0.1, 0.15) is 5.71 Å². The zero-order valence-corrected chi connectivity index (χ0v) is 6.77. The van der Waals surface area contributed by atoms with Crippen molar-refractivity contribution in [1.82, 2.24) is 0 Å². The molecule has 68 valence electrons. The van der Waals surface area contributed by atoms with E-state index in [1.54, 1.807) is 6.92 Å². The average Bonchev–Trinajstić information content (AvgIpc) is 2.04. The molecule has 12 heavy (non-hydrogen) atoms. The molecule has 0 atom stereocenters. The molecule has 0 unspecified atom stereocenters. The van der Waals surface area contributed by atoms with Crippen molar-refractivity contribution in [3.8, 4) is 0 Å². The van der Waals surface area contributed by atoms with Crippen LogP contribution in [0.5, 0.6) is 0 Å². The lowest BCUT2D eigenvalue weighted by Gasteiger charge is -1.97. The number of carbonyl (C=O) groups is 2. The molecule has 0 aromatic heterocycles. The number of nitrogens with zero attached hydrogens (tertiary/aromatic N) is 1. The van der Waals surface area contributed by atoms with Gasteiger partial charge in [0.2, 0.25) is 0 Å². The summed E-state index contributed by atoms with van der Waals surface area (Å²) >= 11 is 0. The van der Waals surface area contributed by atoms with E-state index in [9.17, 15) is 9.59 Å². The van der Waals surface area contributed by atoms with Gasteiger partial charge in [-0.2, -0.15) is 14.7 Å².